The van der Waals surface area contributed by atoms with Crippen LogP contribution >= 0.6 is 11.8 Å². The normalized spacial score (nSPS) is 12.8. The Morgan fingerprint density at radius 1 is 1.16 bits per heavy atom. The van der Waals surface area contributed by atoms with E-state index in [0.29, 0.717) is 5.56 Å². The molecule has 0 atom stereocenters. The first-order chi connectivity index (χ1) is 15.1. The predicted octanol–water partition coefficient (Wildman–Crippen LogP) is 3.57. The van der Waals surface area contributed by atoms with Gasteiger partial charge in [0.25, 0.3) is 5.91 Å². The van der Waals surface area contributed by atoms with E-state index in [1.807, 2.05) is 48.9 Å². The number of benzene rings is 2. The van der Waals surface area contributed by atoms with Crippen molar-refractivity contribution in [1.29, 1.82) is 0 Å². The van der Waals surface area contributed by atoms with Crippen LogP contribution in [0.1, 0.15) is 34.8 Å². The molecule has 31 heavy (non-hydrogen) atoms. The van der Waals surface area contributed by atoms with Crippen LogP contribution in [-0.4, -0.2) is 33.2 Å². The molecule has 0 radical (unpaired) electrons. The van der Waals surface area contributed by atoms with Crippen LogP contribution < -0.4 is 14.9 Å². The SMILES string of the molecule is C/C(CCc1ccc2c(c1)OCO2)=N\NC(=O)c1ccc(CSc2nncn2C)cc1. The van der Waals surface area contributed by atoms with E-state index in [9.17, 15) is 4.79 Å². The van der Waals surface area contributed by atoms with Gasteiger partial charge < -0.3 is 14.0 Å². The van der Waals surface area contributed by atoms with E-state index in [1.165, 1.54) is 0 Å². The molecule has 2 heterocycles. The highest BCUT2D eigenvalue weighted by Crippen LogP contribution is 2.32. The van der Waals surface area contributed by atoms with Gasteiger partial charge in [0, 0.05) is 24.1 Å². The monoisotopic (exact) mass is 437 g/mol. The predicted molar refractivity (Wildman–Crippen MR) is 118 cm³/mol. The van der Waals surface area contributed by atoms with Crippen molar-refractivity contribution in [3.63, 3.8) is 0 Å². The van der Waals surface area contributed by atoms with E-state index < -0.39 is 0 Å². The lowest BCUT2D eigenvalue weighted by atomic mass is 10.1. The maximum absolute atomic E-state index is 12.4. The van der Waals surface area contributed by atoms with E-state index in [0.717, 1.165) is 52.1 Å². The number of ether oxygens (including phenoxy) is 2. The van der Waals surface area contributed by atoms with Crippen molar-refractivity contribution < 1.29 is 14.3 Å². The van der Waals surface area contributed by atoms with E-state index in [2.05, 4.69) is 20.7 Å². The summed E-state index contributed by atoms with van der Waals surface area (Å²) in [5, 5.41) is 13.0. The fraction of sp³-hybridized carbons (Fsp3) is 0.273. The molecule has 8 nitrogen and oxygen atoms in total. The molecule has 0 unspecified atom stereocenters. The highest BCUT2D eigenvalue weighted by atomic mass is 32.2. The van der Waals surface area contributed by atoms with Crippen molar-refractivity contribution >= 4 is 23.4 Å². The summed E-state index contributed by atoms with van der Waals surface area (Å²) in [7, 11) is 1.91. The molecule has 1 N–H and O–H groups in total. The van der Waals surface area contributed by atoms with Crippen LogP contribution in [0.5, 0.6) is 11.5 Å². The maximum atomic E-state index is 12.4. The number of aromatic nitrogens is 3. The van der Waals surface area contributed by atoms with Gasteiger partial charge in [0.2, 0.25) is 6.79 Å². The topological polar surface area (TPSA) is 90.6 Å². The van der Waals surface area contributed by atoms with Crippen molar-refractivity contribution in [2.75, 3.05) is 6.79 Å². The summed E-state index contributed by atoms with van der Waals surface area (Å²) in [4.78, 5) is 12.4. The number of aryl methyl sites for hydroxylation is 2. The molecule has 1 aliphatic heterocycles. The van der Waals surface area contributed by atoms with Crippen molar-refractivity contribution in [1.82, 2.24) is 20.2 Å². The number of amides is 1. The number of hydrazone groups is 1. The molecule has 4 rings (SSSR count). The Bertz CT molecular complexity index is 1090. The molecule has 0 bridgehead atoms. The Morgan fingerprint density at radius 3 is 2.71 bits per heavy atom. The highest BCUT2D eigenvalue weighted by Gasteiger charge is 2.13. The highest BCUT2D eigenvalue weighted by molar-refractivity contribution is 7.98. The van der Waals surface area contributed by atoms with E-state index in [-0.39, 0.29) is 12.7 Å². The largest absolute Gasteiger partial charge is 0.454 e. The second kappa shape index (κ2) is 9.65. The van der Waals surface area contributed by atoms with E-state index >= 15 is 0 Å². The average molecular weight is 438 g/mol. The molecular formula is C22H23N5O3S. The number of carbonyl (C=O) groups is 1. The van der Waals surface area contributed by atoms with Crippen LogP contribution in [0.25, 0.3) is 0 Å². The van der Waals surface area contributed by atoms with Crippen molar-refractivity contribution in [2.45, 2.75) is 30.7 Å². The molecule has 3 aromatic rings. The molecule has 0 fully saturated rings. The zero-order valence-corrected chi connectivity index (χ0v) is 18.2. The Kier molecular flexibility index (Phi) is 6.51. The van der Waals surface area contributed by atoms with Gasteiger partial charge in [-0.25, -0.2) is 5.43 Å². The lowest BCUT2D eigenvalue weighted by Gasteiger charge is -2.05. The van der Waals surface area contributed by atoms with Gasteiger partial charge in [0.1, 0.15) is 6.33 Å². The number of hydrogen-bond donors (Lipinski definition) is 1. The van der Waals surface area contributed by atoms with Crippen LogP contribution in [0.3, 0.4) is 0 Å². The van der Waals surface area contributed by atoms with Gasteiger partial charge in [0.15, 0.2) is 16.7 Å². The third-order valence-electron chi connectivity index (χ3n) is 4.81. The average Bonchev–Trinajstić information content (AvgIpc) is 3.43. The van der Waals surface area contributed by atoms with Gasteiger partial charge in [-0.05, 0) is 55.2 Å². The Labute approximate surface area is 184 Å². The van der Waals surface area contributed by atoms with Crippen LogP contribution in [0.2, 0.25) is 0 Å². The van der Waals surface area contributed by atoms with Crippen molar-refractivity contribution in [3.05, 3.63) is 65.5 Å². The summed E-state index contributed by atoms with van der Waals surface area (Å²) in [6.07, 6.45) is 3.21. The zero-order chi connectivity index (χ0) is 21.6. The fourth-order valence-electron chi connectivity index (χ4n) is 2.99. The lowest BCUT2D eigenvalue weighted by Crippen LogP contribution is -2.19. The Balaban J connectivity index is 1.25. The molecule has 1 aromatic heterocycles. The molecule has 0 aliphatic carbocycles. The molecule has 0 saturated carbocycles. The minimum atomic E-state index is -0.227. The number of nitrogens with zero attached hydrogens (tertiary/aromatic N) is 4. The lowest BCUT2D eigenvalue weighted by molar-refractivity contribution is 0.0954. The zero-order valence-electron chi connectivity index (χ0n) is 17.4. The smallest absolute Gasteiger partial charge is 0.271 e. The van der Waals surface area contributed by atoms with E-state index in [4.69, 9.17) is 9.47 Å². The van der Waals surface area contributed by atoms with Crippen LogP contribution in [0, 0.1) is 0 Å². The molecule has 9 heteroatoms. The summed E-state index contributed by atoms with van der Waals surface area (Å²) in [6.45, 7) is 2.17. The fourth-order valence-corrected chi connectivity index (χ4v) is 3.84. The summed E-state index contributed by atoms with van der Waals surface area (Å²) in [5.41, 5.74) is 6.30. The van der Waals surface area contributed by atoms with Gasteiger partial charge in [-0.1, -0.05) is 30.0 Å². The molecule has 0 saturated heterocycles. The second-order valence-electron chi connectivity index (χ2n) is 7.19. The van der Waals surface area contributed by atoms with Gasteiger partial charge in [0.05, 0.1) is 0 Å². The number of nitrogens with one attached hydrogen (secondary N) is 1. The minimum Gasteiger partial charge on any atom is -0.454 e. The van der Waals surface area contributed by atoms with Crippen molar-refractivity contribution in [2.24, 2.45) is 12.1 Å². The van der Waals surface area contributed by atoms with Gasteiger partial charge in [-0.15, -0.1) is 10.2 Å². The number of rotatable bonds is 8. The van der Waals surface area contributed by atoms with E-state index in [1.54, 1.807) is 30.2 Å². The first-order valence-electron chi connectivity index (χ1n) is 9.86. The first kappa shape index (κ1) is 20.9. The van der Waals surface area contributed by atoms with Gasteiger partial charge in [-0.2, -0.15) is 5.10 Å². The van der Waals surface area contributed by atoms with Crippen LogP contribution in [0.15, 0.2) is 59.0 Å². The number of hydrogen-bond acceptors (Lipinski definition) is 7. The maximum Gasteiger partial charge on any atom is 0.271 e. The standard InChI is InChI=1S/C22H23N5O3S/c1-15(3-4-16-7-10-19-20(11-16)30-14-29-19)24-25-21(28)18-8-5-17(6-9-18)12-31-22-26-23-13-27(22)2/h5-11,13H,3-4,12,14H2,1-2H3,(H,25,28)/b24-15+. The quantitative estimate of drug-likeness (QED) is 0.329. The molecule has 2 aromatic carbocycles. The first-order valence-corrected chi connectivity index (χ1v) is 10.8. The second-order valence-corrected chi connectivity index (χ2v) is 8.13. The van der Waals surface area contributed by atoms with Crippen LogP contribution in [0.4, 0.5) is 0 Å². The Morgan fingerprint density at radius 2 is 1.94 bits per heavy atom. The molecule has 160 valence electrons. The number of thioether (sulfide) groups is 1. The minimum absolute atomic E-state index is 0.227. The Hall–Kier alpha value is -3.33. The van der Waals surface area contributed by atoms with Crippen LogP contribution in [-0.2, 0) is 19.2 Å². The summed E-state index contributed by atoms with van der Waals surface area (Å²) < 4.78 is 12.6. The summed E-state index contributed by atoms with van der Waals surface area (Å²) >= 11 is 1.60. The van der Waals surface area contributed by atoms with Crippen molar-refractivity contribution in [3.8, 4) is 11.5 Å². The molecule has 0 spiro atoms. The van der Waals surface area contributed by atoms with Gasteiger partial charge in [-0.3, -0.25) is 4.79 Å². The molecular weight excluding hydrogens is 414 g/mol. The molecule has 1 amide bonds. The molecule has 1 aliphatic rings. The number of fused-ring (bicyclic) bond motifs is 1. The van der Waals surface area contributed by atoms with Gasteiger partial charge >= 0.3 is 0 Å². The third-order valence-corrected chi connectivity index (χ3v) is 5.92. The summed E-state index contributed by atoms with van der Waals surface area (Å²) in [5.74, 6) is 2.08. The summed E-state index contributed by atoms with van der Waals surface area (Å²) in [6, 6.07) is 13.4. The number of carbonyl (C=O) groups excluding carboxylic acids is 1. The third kappa shape index (κ3) is 5.43.